The van der Waals surface area contributed by atoms with Crippen molar-refractivity contribution < 1.29 is 4.39 Å². The normalized spacial score (nSPS) is 11.2. The molecule has 0 bridgehead atoms. The smallest absolute Gasteiger partial charge is 0.131 e. The van der Waals surface area contributed by atoms with E-state index in [1.807, 2.05) is 25.2 Å². The van der Waals surface area contributed by atoms with Crippen molar-refractivity contribution in [2.75, 3.05) is 20.8 Å². The molecule has 0 spiro atoms. The molecule has 0 aliphatic heterocycles. The summed E-state index contributed by atoms with van der Waals surface area (Å²) in [5.74, 6) is -0.270. The zero-order valence-electron chi connectivity index (χ0n) is 9.39. The predicted molar refractivity (Wildman–Crippen MR) is 61.7 cm³/mol. The molecule has 5 heteroatoms. The van der Waals surface area contributed by atoms with Crippen molar-refractivity contribution in [2.24, 2.45) is 10.2 Å². The number of hydrogen-bond donors (Lipinski definition) is 1. The molecular weight excluding hydrogens is 207 g/mol. The van der Waals surface area contributed by atoms with Gasteiger partial charge >= 0.3 is 0 Å². The fourth-order valence-corrected chi connectivity index (χ4v) is 0.970. The second-order valence-corrected chi connectivity index (χ2v) is 3.22. The number of hydrogen-bond acceptors (Lipinski definition) is 4. The van der Waals surface area contributed by atoms with Gasteiger partial charge in [-0.05, 0) is 24.3 Å². The SMILES string of the molecule is CN/C=C\N(C)CN=Nc1ccc(F)cc1. The average molecular weight is 222 g/mol. The van der Waals surface area contributed by atoms with Gasteiger partial charge in [0.25, 0.3) is 0 Å². The summed E-state index contributed by atoms with van der Waals surface area (Å²) in [6.45, 7) is 0.454. The fourth-order valence-electron chi connectivity index (χ4n) is 0.970. The summed E-state index contributed by atoms with van der Waals surface area (Å²) in [5.41, 5.74) is 0.646. The molecule has 0 aliphatic carbocycles. The Morgan fingerprint density at radius 3 is 2.69 bits per heavy atom. The van der Waals surface area contributed by atoms with Gasteiger partial charge in [-0.15, -0.1) is 0 Å². The molecule has 16 heavy (non-hydrogen) atoms. The molecule has 1 aromatic rings. The lowest BCUT2D eigenvalue weighted by atomic mass is 10.3. The van der Waals surface area contributed by atoms with Crippen LogP contribution in [0.5, 0.6) is 0 Å². The van der Waals surface area contributed by atoms with Gasteiger partial charge in [-0.1, -0.05) is 0 Å². The number of nitrogens with zero attached hydrogens (tertiary/aromatic N) is 3. The van der Waals surface area contributed by atoms with Gasteiger partial charge in [0.2, 0.25) is 0 Å². The first-order chi connectivity index (χ1) is 7.72. The van der Waals surface area contributed by atoms with Gasteiger partial charge in [-0.25, -0.2) is 4.39 Å². The number of azo groups is 1. The van der Waals surface area contributed by atoms with Crippen molar-refractivity contribution in [1.82, 2.24) is 10.2 Å². The molecule has 0 heterocycles. The minimum absolute atomic E-state index is 0.270. The van der Waals surface area contributed by atoms with Crippen LogP contribution >= 0.6 is 0 Å². The van der Waals surface area contributed by atoms with Crippen LogP contribution in [0.2, 0.25) is 0 Å². The summed E-state index contributed by atoms with van der Waals surface area (Å²) in [7, 11) is 3.71. The quantitative estimate of drug-likeness (QED) is 0.777. The zero-order valence-corrected chi connectivity index (χ0v) is 9.39. The molecule has 1 rings (SSSR count). The van der Waals surface area contributed by atoms with E-state index < -0.39 is 0 Å². The highest BCUT2D eigenvalue weighted by molar-refractivity contribution is 5.35. The van der Waals surface area contributed by atoms with Crippen LogP contribution in [0.3, 0.4) is 0 Å². The van der Waals surface area contributed by atoms with Gasteiger partial charge in [-0.3, -0.25) is 0 Å². The molecule has 86 valence electrons. The molecule has 0 atom stereocenters. The minimum Gasteiger partial charge on any atom is -0.393 e. The van der Waals surface area contributed by atoms with E-state index in [1.165, 1.54) is 12.1 Å². The van der Waals surface area contributed by atoms with Gasteiger partial charge in [0.15, 0.2) is 0 Å². The summed E-state index contributed by atoms with van der Waals surface area (Å²) in [6.07, 6.45) is 3.65. The average Bonchev–Trinajstić information content (AvgIpc) is 2.29. The van der Waals surface area contributed by atoms with Crippen LogP contribution in [0.25, 0.3) is 0 Å². The van der Waals surface area contributed by atoms with E-state index in [0.29, 0.717) is 12.4 Å². The Labute approximate surface area is 94.5 Å². The highest BCUT2D eigenvalue weighted by Gasteiger charge is 1.91. The molecule has 0 aromatic heterocycles. The zero-order chi connectivity index (χ0) is 11.8. The Balaban J connectivity index is 2.42. The summed E-state index contributed by atoms with van der Waals surface area (Å²) in [5, 5.41) is 10.8. The van der Waals surface area contributed by atoms with Crippen LogP contribution in [-0.4, -0.2) is 25.7 Å². The third-order valence-corrected chi connectivity index (χ3v) is 1.79. The Morgan fingerprint density at radius 1 is 1.38 bits per heavy atom. The van der Waals surface area contributed by atoms with Crippen LogP contribution in [0.15, 0.2) is 46.9 Å². The Hall–Kier alpha value is -1.91. The van der Waals surface area contributed by atoms with Crippen molar-refractivity contribution in [2.45, 2.75) is 0 Å². The predicted octanol–water partition coefficient (Wildman–Crippen LogP) is 2.49. The van der Waals surface area contributed by atoms with Crippen molar-refractivity contribution in [3.63, 3.8) is 0 Å². The number of halogens is 1. The molecule has 0 saturated carbocycles. The lowest BCUT2D eigenvalue weighted by molar-refractivity contribution is 0.460. The second kappa shape index (κ2) is 6.55. The van der Waals surface area contributed by atoms with Crippen LogP contribution < -0.4 is 5.32 Å². The maximum atomic E-state index is 12.6. The van der Waals surface area contributed by atoms with Crippen molar-refractivity contribution in [3.05, 3.63) is 42.5 Å². The first-order valence-electron chi connectivity index (χ1n) is 4.89. The van der Waals surface area contributed by atoms with Gasteiger partial charge in [-0.2, -0.15) is 10.2 Å². The molecule has 0 amide bonds. The van der Waals surface area contributed by atoms with E-state index in [9.17, 15) is 4.39 Å². The van der Waals surface area contributed by atoms with Crippen molar-refractivity contribution in [3.8, 4) is 0 Å². The number of rotatable bonds is 5. The van der Waals surface area contributed by atoms with E-state index in [4.69, 9.17) is 0 Å². The maximum absolute atomic E-state index is 12.6. The van der Waals surface area contributed by atoms with Gasteiger partial charge in [0.1, 0.15) is 12.5 Å². The largest absolute Gasteiger partial charge is 0.393 e. The van der Waals surface area contributed by atoms with Crippen molar-refractivity contribution in [1.29, 1.82) is 0 Å². The van der Waals surface area contributed by atoms with E-state index in [1.54, 1.807) is 18.3 Å². The third kappa shape index (κ3) is 4.54. The minimum atomic E-state index is -0.270. The lowest BCUT2D eigenvalue weighted by Gasteiger charge is -2.08. The lowest BCUT2D eigenvalue weighted by Crippen LogP contribution is -2.11. The van der Waals surface area contributed by atoms with Crippen LogP contribution in [0.4, 0.5) is 10.1 Å². The topological polar surface area (TPSA) is 40.0 Å². The van der Waals surface area contributed by atoms with Crippen LogP contribution in [-0.2, 0) is 0 Å². The summed E-state index contributed by atoms with van der Waals surface area (Å²) in [6, 6.07) is 5.89. The molecule has 4 nitrogen and oxygen atoms in total. The standard InChI is InChI=1S/C11H15FN4/c1-13-7-8-16(2)9-14-15-11-5-3-10(12)4-6-11/h3-8,13H,9H2,1-2H3/b8-7-,15-14?. The summed E-state index contributed by atoms with van der Waals surface area (Å²) >= 11 is 0. The highest BCUT2D eigenvalue weighted by Crippen LogP contribution is 2.12. The maximum Gasteiger partial charge on any atom is 0.131 e. The summed E-state index contributed by atoms with van der Waals surface area (Å²) < 4.78 is 12.6. The van der Waals surface area contributed by atoms with E-state index in [-0.39, 0.29) is 5.82 Å². The Morgan fingerprint density at radius 2 is 2.06 bits per heavy atom. The molecule has 0 radical (unpaired) electrons. The monoisotopic (exact) mass is 222 g/mol. The third-order valence-electron chi connectivity index (χ3n) is 1.79. The summed E-state index contributed by atoms with van der Waals surface area (Å²) in [4.78, 5) is 1.86. The van der Waals surface area contributed by atoms with Crippen molar-refractivity contribution >= 4 is 5.69 Å². The Kier molecular flexibility index (Phi) is 4.98. The molecule has 0 aliphatic rings. The highest BCUT2D eigenvalue weighted by atomic mass is 19.1. The number of nitrogens with one attached hydrogen (secondary N) is 1. The van der Waals surface area contributed by atoms with E-state index >= 15 is 0 Å². The molecule has 0 unspecified atom stereocenters. The van der Waals surface area contributed by atoms with Gasteiger partial charge < -0.3 is 10.2 Å². The van der Waals surface area contributed by atoms with E-state index in [0.717, 1.165) is 0 Å². The molecule has 0 fully saturated rings. The molecule has 0 saturated heterocycles. The molecule has 1 aromatic carbocycles. The van der Waals surface area contributed by atoms with Crippen LogP contribution in [0.1, 0.15) is 0 Å². The number of benzene rings is 1. The van der Waals surface area contributed by atoms with Gasteiger partial charge in [0, 0.05) is 26.5 Å². The molecule has 1 N–H and O–H groups in total. The van der Waals surface area contributed by atoms with Crippen LogP contribution in [0, 0.1) is 5.82 Å². The molecular formula is C11H15FN4. The second-order valence-electron chi connectivity index (χ2n) is 3.22. The first kappa shape index (κ1) is 12.2. The fraction of sp³-hybridized carbons (Fsp3) is 0.273. The Bertz CT molecular complexity index is 359. The van der Waals surface area contributed by atoms with Gasteiger partial charge in [0.05, 0.1) is 5.69 Å². The first-order valence-corrected chi connectivity index (χ1v) is 4.89. The van der Waals surface area contributed by atoms with E-state index in [2.05, 4.69) is 15.5 Å².